The van der Waals surface area contributed by atoms with Crippen molar-refractivity contribution in [2.45, 2.75) is 19.4 Å². The molecule has 0 aromatic heterocycles. The van der Waals surface area contributed by atoms with Crippen LogP contribution < -0.4 is 19.5 Å². The average molecular weight is 384 g/mol. The number of methoxy groups -OCH3 is 3. The van der Waals surface area contributed by atoms with Crippen molar-refractivity contribution in [3.05, 3.63) is 53.1 Å². The summed E-state index contributed by atoms with van der Waals surface area (Å²) in [5.74, 6) is 1.23. The van der Waals surface area contributed by atoms with Gasteiger partial charge in [0.05, 0.1) is 27.4 Å². The normalized spacial score (nSPS) is 16.2. The minimum Gasteiger partial charge on any atom is -0.493 e. The number of nitrogens with one attached hydrogen (secondary N) is 1. The first-order valence-corrected chi connectivity index (χ1v) is 9.53. The molecule has 1 atom stereocenters. The molecule has 0 radical (unpaired) electrons. The lowest BCUT2D eigenvalue weighted by atomic mass is 9.92. The number of carbonyl (C=O) groups is 1. The third-order valence-electron chi connectivity index (χ3n) is 5.31. The summed E-state index contributed by atoms with van der Waals surface area (Å²) in [7, 11) is 4.62. The fourth-order valence-electron chi connectivity index (χ4n) is 3.82. The summed E-state index contributed by atoms with van der Waals surface area (Å²) in [6.45, 7) is 4.64. The molecule has 1 N–H and O–H groups in total. The van der Waals surface area contributed by atoms with Gasteiger partial charge in [-0.3, -0.25) is 9.69 Å². The van der Waals surface area contributed by atoms with Crippen molar-refractivity contribution in [1.82, 2.24) is 10.2 Å². The molecule has 1 amide bonds. The minimum absolute atomic E-state index is 0.168. The van der Waals surface area contributed by atoms with Crippen molar-refractivity contribution in [2.75, 3.05) is 41.0 Å². The van der Waals surface area contributed by atoms with E-state index in [4.69, 9.17) is 14.2 Å². The van der Waals surface area contributed by atoms with Gasteiger partial charge in [-0.15, -0.1) is 0 Å². The van der Waals surface area contributed by atoms with Gasteiger partial charge in [0.15, 0.2) is 11.5 Å². The van der Waals surface area contributed by atoms with E-state index in [0.29, 0.717) is 29.4 Å². The zero-order valence-electron chi connectivity index (χ0n) is 17.0. The predicted octanol–water partition coefficient (Wildman–Crippen LogP) is 3.06. The fourth-order valence-corrected chi connectivity index (χ4v) is 3.82. The van der Waals surface area contributed by atoms with Crippen LogP contribution in [-0.4, -0.2) is 51.8 Å². The van der Waals surface area contributed by atoms with Crippen molar-refractivity contribution < 1.29 is 19.0 Å². The topological polar surface area (TPSA) is 60.0 Å². The number of likely N-dealkylation sites (N-methyl/N-ethyl adjacent to an activating group) is 1. The maximum absolute atomic E-state index is 12.8. The van der Waals surface area contributed by atoms with E-state index >= 15 is 0 Å². The Hall–Kier alpha value is -2.73. The second kappa shape index (κ2) is 8.97. The van der Waals surface area contributed by atoms with Gasteiger partial charge in [-0.05, 0) is 36.2 Å². The second-order valence-electron chi connectivity index (χ2n) is 6.72. The molecule has 1 unspecified atom stereocenters. The molecular formula is C22H28N2O4. The number of nitrogens with zero attached hydrogens (tertiary/aromatic N) is 1. The molecular weight excluding hydrogens is 356 g/mol. The average Bonchev–Trinajstić information content (AvgIpc) is 2.75. The molecule has 1 heterocycles. The van der Waals surface area contributed by atoms with Crippen molar-refractivity contribution in [3.63, 3.8) is 0 Å². The van der Waals surface area contributed by atoms with Gasteiger partial charge in [0.1, 0.15) is 0 Å². The van der Waals surface area contributed by atoms with Gasteiger partial charge in [-0.1, -0.05) is 31.2 Å². The molecule has 150 valence electrons. The number of amides is 1. The Morgan fingerprint density at radius 3 is 2.39 bits per heavy atom. The molecule has 0 saturated carbocycles. The van der Waals surface area contributed by atoms with Gasteiger partial charge >= 0.3 is 0 Å². The Labute approximate surface area is 166 Å². The SMILES string of the molecule is CCN1CCc2ccccc2C1CNC(=O)c1cc(OC)c(OC)c(OC)c1. The first kappa shape index (κ1) is 20.0. The van der Waals surface area contributed by atoms with E-state index < -0.39 is 0 Å². The number of ether oxygens (including phenoxy) is 3. The fraction of sp³-hybridized carbons (Fsp3) is 0.409. The Kier molecular flexibility index (Phi) is 6.41. The minimum atomic E-state index is -0.168. The summed E-state index contributed by atoms with van der Waals surface area (Å²) in [6, 6.07) is 12.0. The second-order valence-corrected chi connectivity index (χ2v) is 6.72. The summed E-state index contributed by atoms with van der Waals surface area (Å²) < 4.78 is 16.0. The van der Waals surface area contributed by atoms with Crippen LogP contribution in [-0.2, 0) is 6.42 Å². The molecule has 28 heavy (non-hydrogen) atoms. The van der Waals surface area contributed by atoms with Crippen LogP contribution in [0.15, 0.2) is 36.4 Å². The zero-order valence-corrected chi connectivity index (χ0v) is 17.0. The molecule has 2 aromatic carbocycles. The lowest BCUT2D eigenvalue weighted by Crippen LogP contribution is -2.42. The van der Waals surface area contributed by atoms with E-state index in [1.54, 1.807) is 19.2 Å². The molecule has 6 nitrogen and oxygen atoms in total. The van der Waals surface area contributed by atoms with Gasteiger partial charge < -0.3 is 19.5 Å². The van der Waals surface area contributed by atoms with Crippen LogP contribution in [0.3, 0.4) is 0 Å². The van der Waals surface area contributed by atoms with Crippen LogP contribution in [0.4, 0.5) is 0 Å². The van der Waals surface area contributed by atoms with Crippen LogP contribution in [0.1, 0.15) is 34.5 Å². The standard InChI is InChI=1S/C22H28N2O4/c1-5-24-11-10-15-8-6-7-9-17(15)18(24)14-23-22(25)16-12-19(26-2)21(28-4)20(13-16)27-3/h6-9,12-13,18H,5,10-11,14H2,1-4H3,(H,23,25). The van der Waals surface area contributed by atoms with Gasteiger partial charge in [-0.2, -0.15) is 0 Å². The quantitative estimate of drug-likeness (QED) is 0.795. The maximum Gasteiger partial charge on any atom is 0.251 e. The molecule has 3 rings (SSSR count). The highest BCUT2D eigenvalue weighted by atomic mass is 16.5. The Balaban J connectivity index is 1.80. The number of carbonyl (C=O) groups excluding carboxylic acids is 1. The highest BCUT2D eigenvalue weighted by molar-refractivity contribution is 5.95. The first-order chi connectivity index (χ1) is 13.6. The Morgan fingerprint density at radius 2 is 1.79 bits per heavy atom. The Morgan fingerprint density at radius 1 is 1.11 bits per heavy atom. The number of hydrogen-bond donors (Lipinski definition) is 1. The van der Waals surface area contributed by atoms with Crippen LogP contribution >= 0.6 is 0 Å². The summed E-state index contributed by atoms with van der Waals surface area (Å²) in [5, 5.41) is 3.08. The van der Waals surface area contributed by atoms with Gasteiger partial charge in [0.25, 0.3) is 5.91 Å². The summed E-state index contributed by atoms with van der Waals surface area (Å²) in [4.78, 5) is 15.2. The molecule has 0 saturated heterocycles. The summed E-state index contributed by atoms with van der Waals surface area (Å²) in [6.07, 6.45) is 1.04. The smallest absolute Gasteiger partial charge is 0.251 e. The van der Waals surface area contributed by atoms with Crippen LogP contribution in [0.2, 0.25) is 0 Å². The lowest BCUT2D eigenvalue weighted by molar-refractivity contribution is 0.0930. The Bertz CT molecular complexity index is 812. The van der Waals surface area contributed by atoms with Gasteiger partial charge in [0.2, 0.25) is 5.75 Å². The van der Waals surface area contributed by atoms with Crippen LogP contribution in [0.5, 0.6) is 17.2 Å². The number of hydrogen-bond acceptors (Lipinski definition) is 5. The summed E-state index contributed by atoms with van der Waals surface area (Å²) >= 11 is 0. The molecule has 0 fully saturated rings. The monoisotopic (exact) mass is 384 g/mol. The number of fused-ring (bicyclic) bond motifs is 1. The van der Waals surface area contributed by atoms with Crippen molar-refractivity contribution in [2.24, 2.45) is 0 Å². The molecule has 6 heteroatoms. The van der Waals surface area contributed by atoms with E-state index in [0.717, 1.165) is 19.5 Å². The third kappa shape index (κ3) is 3.92. The molecule has 0 bridgehead atoms. The molecule has 1 aliphatic rings. The first-order valence-electron chi connectivity index (χ1n) is 9.53. The zero-order chi connectivity index (χ0) is 20.1. The predicted molar refractivity (Wildman–Crippen MR) is 109 cm³/mol. The molecule has 1 aliphatic heterocycles. The molecule has 0 aliphatic carbocycles. The number of rotatable bonds is 7. The number of benzene rings is 2. The maximum atomic E-state index is 12.8. The van der Waals surface area contributed by atoms with E-state index in [2.05, 4.69) is 41.4 Å². The van der Waals surface area contributed by atoms with E-state index in [1.165, 1.54) is 25.3 Å². The van der Waals surface area contributed by atoms with E-state index in [9.17, 15) is 4.79 Å². The molecule has 2 aromatic rings. The highest BCUT2D eigenvalue weighted by Crippen LogP contribution is 2.38. The molecule has 0 spiro atoms. The van der Waals surface area contributed by atoms with Gasteiger partial charge in [0, 0.05) is 18.7 Å². The third-order valence-corrected chi connectivity index (χ3v) is 5.31. The largest absolute Gasteiger partial charge is 0.493 e. The van der Waals surface area contributed by atoms with E-state index in [1.807, 2.05) is 0 Å². The van der Waals surface area contributed by atoms with Crippen molar-refractivity contribution in [1.29, 1.82) is 0 Å². The highest BCUT2D eigenvalue weighted by Gasteiger charge is 2.26. The van der Waals surface area contributed by atoms with Crippen LogP contribution in [0, 0.1) is 0 Å². The lowest BCUT2D eigenvalue weighted by Gasteiger charge is -2.36. The summed E-state index contributed by atoms with van der Waals surface area (Å²) in [5.41, 5.74) is 3.13. The van der Waals surface area contributed by atoms with Crippen molar-refractivity contribution >= 4 is 5.91 Å². The van der Waals surface area contributed by atoms with Crippen molar-refractivity contribution in [3.8, 4) is 17.2 Å². The van der Waals surface area contributed by atoms with E-state index in [-0.39, 0.29) is 11.9 Å². The van der Waals surface area contributed by atoms with Gasteiger partial charge in [-0.25, -0.2) is 0 Å². The van der Waals surface area contributed by atoms with Crippen LogP contribution in [0.25, 0.3) is 0 Å².